The highest BCUT2D eigenvalue weighted by atomic mass is 16.3. The second-order valence-corrected chi connectivity index (χ2v) is 4.92. The van der Waals surface area contributed by atoms with E-state index in [1.165, 1.54) is 5.56 Å². The van der Waals surface area contributed by atoms with Gasteiger partial charge in [-0.25, -0.2) is 0 Å². The number of likely N-dealkylation sites (tertiary alicyclic amines) is 1. The van der Waals surface area contributed by atoms with Crippen LogP contribution in [0.5, 0.6) is 0 Å². The van der Waals surface area contributed by atoms with Crippen molar-refractivity contribution in [3.63, 3.8) is 0 Å². The number of aliphatic hydroxyl groups is 1. The normalized spacial score (nSPS) is 20.8. The molecule has 0 spiro atoms. The molecule has 3 nitrogen and oxygen atoms in total. The maximum Gasteiger partial charge on any atom is 0.177 e. The monoisotopic (exact) mass is 233 g/mol. The summed E-state index contributed by atoms with van der Waals surface area (Å²) in [5.74, 6) is 0.150. The van der Waals surface area contributed by atoms with Crippen LogP contribution in [-0.2, 0) is 0 Å². The van der Waals surface area contributed by atoms with Gasteiger partial charge in [0.1, 0.15) is 0 Å². The van der Waals surface area contributed by atoms with E-state index in [-0.39, 0.29) is 11.9 Å². The first kappa shape index (κ1) is 12.3. The van der Waals surface area contributed by atoms with Gasteiger partial charge in [-0.05, 0) is 25.8 Å². The van der Waals surface area contributed by atoms with Gasteiger partial charge in [0.2, 0.25) is 0 Å². The van der Waals surface area contributed by atoms with E-state index in [1.54, 1.807) is 0 Å². The number of Topliss-reactive ketones (excluding diaryl/α,β-unsaturated/α-hetero) is 1. The molecule has 1 aliphatic rings. The fourth-order valence-corrected chi connectivity index (χ4v) is 2.37. The van der Waals surface area contributed by atoms with Crippen LogP contribution >= 0.6 is 0 Å². The molecule has 1 aliphatic heterocycles. The Balaban J connectivity index is 2.04. The Kier molecular flexibility index (Phi) is 3.60. The zero-order chi connectivity index (χ0) is 12.4. The van der Waals surface area contributed by atoms with E-state index in [0.29, 0.717) is 13.1 Å². The molecule has 92 valence electrons. The highest BCUT2D eigenvalue weighted by molar-refractivity contribution is 5.99. The molecule has 1 atom stereocenters. The lowest BCUT2D eigenvalue weighted by atomic mass is 10.0. The number of ketones is 1. The van der Waals surface area contributed by atoms with Crippen molar-refractivity contribution >= 4 is 5.78 Å². The zero-order valence-corrected chi connectivity index (χ0v) is 10.4. The lowest BCUT2D eigenvalue weighted by Gasteiger charge is -2.14. The van der Waals surface area contributed by atoms with E-state index in [9.17, 15) is 9.90 Å². The zero-order valence-electron chi connectivity index (χ0n) is 10.4. The van der Waals surface area contributed by atoms with Gasteiger partial charge in [-0.3, -0.25) is 9.69 Å². The summed E-state index contributed by atoms with van der Waals surface area (Å²) in [7, 11) is 0. The van der Waals surface area contributed by atoms with Crippen molar-refractivity contribution in [2.75, 3.05) is 19.6 Å². The predicted molar refractivity (Wildman–Crippen MR) is 67.3 cm³/mol. The summed E-state index contributed by atoms with van der Waals surface area (Å²) in [5, 5.41) is 9.42. The Labute approximate surface area is 102 Å². The Hall–Kier alpha value is -1.19. The number of aliphatic hydroxyl groups excluding tert-OH is 1. The van der Waals surface area contributed by atoms with Crippen LogP contribution in [0.15, 0.2) is 18.2 Å². The molecule has 17 heavy (non-hydrogen) atoms. The van der Waals surface area contributed by atoms with Gasteiger partial charge in [0, 0.05) is 18.7 Å². The molecule has 0 saturated carbocycles. The lowest BCUT2D eigenvalue weighted by Crippen LogP contribution is -2.29. The highest BCUT2D eigenvalue weighted by Crippen LogP contribution is 2.14. The molecule has 1 unspecified atom stereocenters. The quantitative estimate of drug-likeness (QED) is 0.805. The largest absolute Gasteiger partial charge is 0.392 e. The molecule has 1 N–H and O–H groups in total. The van der Waals surface area contributed by atoms with Crippen molar-refractivity contribution in [1.29, 1.82) is 0 Å². The summed E-state index contributed by atoms with van der Waals surface area (Å²) in [6.45, 7) is 5.85. The number of benzene rings is 1. The number of rotatable bonds is 3. The fraction of sp³-hybridized carbons (Fsp3) is 0.500. The van der Waals surface area contributed by atoms with Crippen LogP contribution in [0.4, 0.5) is 0 Å². The van der Waals surface area contributed by atoms with Gasteiger partial charge in [0.15, 0.2) is 5.78 Å². The number of β-amino-alcohol motifs (C(OH)–C–C–N with tert-alkyl or cyclic N) is 1. The molecule has 1 fully saturated rings. The van der Waals surface area contributed by atoms with Gasteiger partial charge < -0.3 is 5.11 Å². The molecule has 1 aromatic carbocycles. The molecular weight excluding hydrogens is 214 g/mol. The van der Waals surface area contributed by atoms with Crippen molar-refractivity contribution in [3.05, 3.63) is 34.9 Å². The molecule has 0 aromatic heterocycles. The predicted octanol–water partition coefficient (Wildman–Crippen LogP) is 1.55. The van der Waals surface area contributed by atoms with Crippen LogP contribution in [0.1, 0.15) is 27.9 Å². The summed E-state index contributed by atoms with van der Waals surface area (Å²) in [5.41, 5.74) is 3.02. The average molecular weight is 233 g/mol. The standard InChI is InChI=1S/C14H19NO2/c1-10-3-4-13(11(2)7-10)14(17)9-15-6-5-12(16)8-15/h3-4,7,12,16H,5-6,8-9H2,1-2H3. The smallest absolute Gasteiger partial charge is 0.177 e. The van der Waals surface area contributed by atoms with Crippen molar-refractivity contribution in [1.82, 2.24) is 4.90 Å². The first-order valence-corrected chi connectivity index (χ1v) is 6.07. The summed E-state index contributed by atoms with van der Waals surface area (Å²) in [6, 6.07) is 5.91. The van der Waals surface area contributed by atoms with Gasteiger partial charge in [-0.15, -0.1) is 0 Å². The van der Waals surface area contributed by atoms with Crippen molar-refractivity contribution < 1.29 is 9.90 Å². The Bertz CT molecular complexity index is 428. The van der Waals surface area contributed by atoms with E-state index in [0.717, 1.165) is 24.1 Å². The van der Waals surface area contributed by atoms with Crippen molar-refractivity contribution in [2.24, 2.45) is 0 Å². The molecule has 1 heterocycles. The van der Waals surface area contributed by atoms with E-state index in [1.807, 2.05) is 36.9 Å². The molecule has 2 rings (SSSR count). The summed E-state index contributed by atoms with van der Waals surface area (Å²) in [4.78, 5) is 14.1. The number of carbonyl (C=O) groups is 1. The maximum absolute atomic E-state index is 12.1. The van der Waals surface area contributed by atoms with Gasteiger partial charge >= 0.3 is 0 Å². The molecule has 0 aliphatic carbocycles. The number of hydrogen-bond acceptors (Lipinski definition) is 3. The SMILES string of the molecule is Cc1ccc(C(=O)CN2CCC(O)C2)c(C)c1. The van der Waals surface area contributed by atoms with Crippen molar-refractivity contribution in [2.45, 2.75) is 26.4 Å². The first-order valence-electron chi connectivity index (χ1n) is 6.07. The van der Waals surface area contributed by atoms with Gasteiger partial charge in [-0.1, -0.05) is 23.8 Å². The van der Waals surface area contributed by atoms with E-state index in [2.05, 4.69) is 0 Å². The van der Waals surface area contributed by atoms with Gasteiger partial charge in [-0.2, -0.15) is 0 Å². The number of aryl methyl sites for hydroxylation is 2. The Morgan fingerprint density at radius 1 is 1.47 bits per heavy atom. The summed E-state index contributed by atoms with van der Waals surface area (Å²) < 4.78 is 0. The van der Waals surface area contributed by atoms with Crippen LogP contribution in [0.2, 0.25) is 0 Å². The topological polar surface area (TPSA) is 40.5 Å². The minimum absolute atomic E-state index is 0.150. The Morgan fingerprint density at radius 3 is 2.82 bits per heavy atom. The average Bonchev–Trinajstić information content (AvgIpc) is 2.63. The highest BCUT2D eigenvalue weighted by Gasteiger charge is 2.22. The second-order valence-electron chi connectivity index (χ2n) is 4.92. The third-order valence-electron chi connectivity index (χ3n) is 3.30. The minimum atomic E-state index is -0.262. The lowest BCUT2D eigenvalue weighted by molar-refractivity contribution is 0.0934. The third-order valence-corrected chi connectivity index (χ3v) is 3.30. The van der Waals surface area contributed by atoms with Crippen LogP contribution in [-0.4, -0.2) is 41.5 Å². The molecule has 0 bridgehead atoms. The summed E-state index contributed by atoms with van der Waals surface area (Å²) in [6.07, 6.45) is 0.516. The van der Waals surface area contributed by atoms with Crippen LogP contribution in [0.25, 0.3) is 0 Å². The third kappa shape index (κ3) is 2.93. The maximum atomic E-state index is 12.1. The van der Waals surface area contributed by atoms with Crippen LogP contribution in [0, 0.1) is 13.8 Å². The number of nitrogens with zero attached hydrogens (tertiary/aromatic N) is 1. The van der Waals surface area contributed by atoms with Crippen molar-refractivity contribution in [3.8, 4) is 0 Å². The summed E-state index contributed by atoms with van der Waals surface area (Å²) >= 11 is 0. The van der Waals surface area contributed by atoms with Gasteiger partial charge in [0.25, 0.3) is 0 Å². The van der Waals surface area contributed by atoms with Gasteiger partial charge in [0.05, 0.1) is 12.6 Å². The minimum Gasteiger partial charge on any atom is -0.392 e. The van der Waals surface area contributed by atoms with Crippen LogP contribution < -0.4 is 0 Å². The molecule has 3 heteroatoms. The molecule has 1 saturated heterocycles. The molecular formula is C14H19NO2. The van der Waals surface area contributed by atoms with E-state index >= 15 is 0 Å². The number of hydrogen-bond donors (Lipinski definition) is 1. The molecule has 1 aromatic rings. The first-order chi connectivity index (χ1) is 8.06. The fourth-order valence-electron chi connectivity index (χ4n) is 2.37. The van der Waals surface area contributed by atoms with E-state index in [4.69, 9.17) is 0 Å². The second kappa shape index (κ2) is 4.98. The number of carbonyl (C=O) groups excluding carboxylic acids is 1. The molecule has 0 amide bonds. The molecule has 0 radical (unpaired) electrons. The Morgan fingerprint density at radius 2 is 2.24 bits per heavy atom. The van der Waals surface area contributed by atoms with Crippen LogP contribution in [0.3, 0.4) is 0 Å². The van der Waals surface area contributed by atoms with E-state index < -0.39 is 0 Å².